The molecule has 8 nitrogen and oxygen atoms in total. The number of carboxylic acid groups (broad SMARTS) is 1. The number of carboxylic acids is 1. The van der Waals surface area contributed by atoms with E-state index in [1.807, 2.05) is 0 Å². The van der Waals surface area contributed by atoms with Crippen molar-refractivity contribution in [2.24, 2.45) is 7.05 Å². The molecule has 2 heterocycles. The van der Waals surface area contributed by atoms with Gasteiger partial charge in [0.25, 0.3) is 0 Å². The molecule has 1 aromatic rings. The lowest BCUT2D eigenvalue weighted by atomic mass is 10.1. The molecule has 0 spiro atoms. The number of aliphatic carboxylic acids is 1. The summed E-state index contributed by atoms with van der Waals surface area (Å²) in [4.78, 5) is 11.1. The summed E-state index contributed by atoms with van der Waals surface area (Å²) in [5.41, 5.74) is 0.317. The monoisotopic (exact) mass is 288 g/mol. The maximum atomic E-state index is 12.2. The van der Waals surface area contributed by atoms with Crippen LogP contribution in [0.25, 0.3) is 0 Å². The van der Waals surface area contributed by atoms with Crippen molar-refractivity contribution >= 4 is 21.9 Å². The number of piperidine rings is 1. The van der Waals surface area contributed by atoms with Crippen molar-refractivity contribution in [2.75, 3.05) is 11.3 Å². The summed E-state index contributed by atoms with van der Waals surface area (Å²) in [5, 5.41) is 12.9. The number of hydrogen-bond acceptors (Lipinski definition) is 4. The molecule has 1 aliphatic rings. The van der Waals surface area contributed by atoms with Crippen LogP contribution in [-0.4, -0.2) is 46.2 Å². The fourth-order valence-corrected chi connectivity index (χ4v) is 3.54. The van der Waals surface area contributed by atoms with Crippen LogP contribution >= 0.6 is 0 Å². The number of nitrogens with zero attached hydrogens (tertiary/aromatic N) is 3. The van der Waals surface area contributed by atoms with Crippen LogP contribution in [0.15, 0.2) is 12.4 Å². The van der Waals surface area contributed by atoms with Crippen LogP contribution in [-0.2, 0) is 22.1 Å². The lowest BCUT2D eigenvalue weighted by Gasteiger charge is -2.31. The van der Waals surface area contributed by atoms with Crippen LogP contribution in [0.5, 0.6) is 0 Å². The molecule has 1 aliphatic heterocycles. The van der Waals surface area contributed by atoms with E-state index in [-0.39, 0.29) is 6.54 Å². The summed E-state index contributed by atoms with van der Waals surface area (Å²) in [6.07, 6.45) is 4.60. The van der Waals surface area contributed by atoms with E-state index in [0.29, 0.717) is 18.5 Å². The normalized spacial score (nSPS) is 21.2. The molecule has 1 unspecified atom stereocenters. The fourth-order valence-electron chi connectivity index (χ4n) is 2.12. The molecule has 1 aromatic heterocycles. The summed E-state index contributed by atoms with van der Waals surface area (Å²) in [7, 11) is -2.20. The molecule has 19 heavy (non-hydrogen) atoms. The van der Waals surface area contributed by atoms with Gasteiger partial charge in [0, 0.05) is 19.8 Å². The molecule has 0 aliphatic carbocycles. The smallest absolute Gasteiger partial charge is 0.322 e. The van der Waals surface area contributed by atoms with Gasteiger partial charge in [-0.25, -0.2) is 0 Å². The van der Waals surface area contributed by atoms with Gasteiger partial charge in [-0.1, -0.05) is 0 Å². The SMILES string of the molecule is Cn1cc(NS(=O)(=O)N2CCCCC2C(=O)O)cn1. The maximum Gasteiger partial charge on any atom is 0.322 e. The zero-order valence-electron chi connectivity index (χ0n) is 10.5. The van der Waals surface area contributed by atoms with Crippen molar-refractivity contribution in [3.63, 3.8) is 0 Å². The van der Waals surface area contributed by atoms with Crippen LogP contribution in [0, 0.1) is 0 Å². The second kappa shape index (κ2) is 5.17. The molecule has 1 fully saturated rings. The average Bonchev–Trinajstić information content (AvgIpc) is 2.74. The second-order valence-corrected chi connectivity index (χ2v) is 6.09. The van der Waals surface area contributed by atoms with Gasteiger partial charge in [0.15, 0.2) is 0 Å². The maximum absolute atomic E-state index is 12.2. The predicted molar refractivity (Wildman–Crippen MR) is 67.7 cm³/mol. The third kappa shape index (κ3) is 3.04. The molecule has 1 atom stereocenters. The first-order valence-electron chi connectivity index (χ1n) is 5.91. The highest BCUT2D eigenvalue weighted by Crippen LogP contribution is 2.22. The molecular formula is C10H16N4O4S. The minimum Gasteiger partial charge on any atom is -0.480 e. The Morgan fingerprint density at radius 2 is 2.26 bits per heavy atom. The topological polar surface area (TPSA) is 105 Å². The number of rotatable bonds is 4. The lowest BCUT2D eigenvalue weighted by molar-refractivity contribution is -0.142. The first-order valence-corrected chi connectivity index (χ1v) is 7.35. The van der Waals surface area contributed by atoms with Gasteiger partial charge >= 0.3 is 16.2 Å². The number of nitrogens with one attached hydrogen (secondary N) is 1. The molecule has 0 aromatic carbocycles. The Bertz CT molecular complexity index is 568. The standard InChI is InChI=1S/C10H16N4O4S/c1-13-7-8(6-11-13)12-19(17,18)14-5-3-2-4-9(14)10(15)16/h6-7,9,12H,2-5H2,1H3,(H,15,16). The number of hydrogen-bond donors (Lipinski definition) is 2. The van der Waals surface area contributed by atoms with Crippen molar-refractivity contribution in [1.82, 2.24) is 14.1 Å². The number of anilines is 1. The molecule has 0 amide bonds. The molecule has 2 rings (SSSR count). The quantitative estimate of drug-likeness (QED) is 0.812. The van der Waals surface area contributed by atoms with Crippen LogP contribution in [0.2, 0.25) is 0 Å². The summed E-state index contributed by atoms with van der Waals surface area (Å²) < 4.78 is 29.2. The summed E-state index contributed by atoms with van der Waals surface area (Å²) in [6.45, 7) is 0.215. The number of aromatic nitrogens is 2. The van der Waals surface area contributed by atoms with E-state index < -0.39 is 22.2 Å². The molecule has 106 valence electrons. The van der Waals surface area contributed by atoms with Gasteiger partial charge in [0.05, 0.1) is 11.9 Å². The Kier molecular flexibility index (Phi) is 3.76. The molecule has 0 bridgehead atoms. The van der Waals surface area contributed by atoms with E-state index in [2.05, 4.69) is 9.82 Å². The summed E-state index contributed by atoms with van der Waals surface area (Å²) in [5.74, 6) is -1.11. The van der Waals surface area contributed by atoms with Crippen molar-refractivity contribution in [3.8, 4) is 0 Å². The average molecular weight is 288 g/mol. The minimum atomic E-state index is -3.87. The Labute approximate surface area is 111 Å². The predicted octanol–water partition coefficient (Wildman–Crippen LogP) is 0.0159. The van der Waals surface area contributed by atoms with Crippen molar-refractivity contribution in [3.05, 3.63) is 12.4 Å². The van der Waals surface area contributed by atoms with Crippen molar-refractivity contribution in [2.45, 2.75) is 25.3 Å². The zero-order chi connectivity index (χ0) is 14.0. The summed E-state index contributed by atoms with van der Waals surface area (Å²) in [6, 6.07) is -0.997. The van der Waals surface area contributed by atoms with Crippen LogP contribution in [0.4, 0.5) is 5.69 Å². The lowest BCUT2D eigenvalue weighted by Crippen LogP contribution is -2.49. The Morgan fingerprint density at radius 1 is 1.53 bits per heavy atom. The number of aryl methyl sites for hydroxylation is 1. The summed E-state index contributed by atoms with van der Waals surface area (Å²) >= 11 is 0. The highest BCUT2D eigenvalue weighted by Gasteiger charge is 2.36. The van der Waals surface area contributed by atoms with E-state index in [4.69, 9.17) is 5.11 Å². The van der Waals surface area contributed by atoms with E-state index in [0.717, 1.165) is 10.7 Å². The van der Waals surface area contributed by atoms with Gasteiger partial charge < -0.3 is 5.11 Å². The Balaban J connectivity index is 2.19. The highest BCUT2D eigenvalue weighted by atomic mass is 32.2. The Hall–Kier alpha value is -1.61. The van der Waals surface area contributed by atoms with Crippen molar-refractivity contribution < 1.29 is 18.3 Å². The molecular weight excluding hydrogens is 272 g/mol. The zero-order valence-corrected chi connectivity index (χ0v) is 11.3. The van der Waals surface area contributed by atoms with Crippen molar-refractivity contribution in [1.29, 1.82) is 0 Å². The highest BCUT2D eigenvalue weighted by molar-refractivity contribution is 7.90. The van der Waals surface area contributed by atoms with Crippen LogP contribution < -0.4 is 4.72 Å². The van der Waals surface area contributed by atoms with Gasteiger partial charge in [-0.15, -0.1) is 0 Å². The first kappa shape index (κ1) is 13.8. The van der Waals surface area contributed by atoms with Gasteiger partial charge in [-0.2, -0.15) is 17.8 Å². The van der Waals surface area contributed by atoms with E-state index in [1.165, 1.54) is 17.1 Å². The third-order valence-corrected chi connectivity index (χ3v) is 4.55. The van der Waals surface area contributed by atoms with Gasteiger partial charge in [-0.05, 0) is 19.3 Å². The van der Waals surface area contributed by atoms with E-state index >= 15 is 0 Å². The van der Waals surface area contributed by atoms with Crippen LogP contribution in [0.1, 0.15) is 19.3 Å². The second-order valence-electron chi connectivity index (χ2n) is 4.47. The number of carbonyl (C=O) groups is 1. The first-order chi connectivity index (χ1) is 8.90. The minimum absolute atomic E-state index is 0.215. The Morgan fingerprint density at radius 3 is 2.84 bits per heavy atom. The molecule has 0 radical (unpaired) electrons. The molecule has 1 saturated heterocycles. The fraction of sp³-hybridized carbons (Fsp3) is 0.600. The van der Waals surface area contributed by atoms with Gasteiger partial charge in [0.1, 0.15) is 6.04 Å². The van der Waals surface area contributed by atoms with E-state index in [1.54, 1.807) is 7.05 Å². The molecule has 0 saturated carbocycles. The third-order valence-electron chi connectivity index (χ3n) is 3.00. The molecule has 2 N–H and O–H groups in total. The molecule has 9 heteroatoms. The van der Waals surface area contributed by atoms with Crippen LogP contribution in [0.3, 0.4) is 0 Å². The van der Waals surface area contributed by atoms with Gasteiger partial charge in [-0.3, -0.25) is 14.2 Å². The van der Waals surface area contributed by atoms with E-state index in [9.17, 15) is 13.2 Å². The largest absolute Gasteiger partial charge is 0.480 e. The van der Waals surface area contributed by atoms with Gasteiger partial charge in [0.2, 0.25) is 0 Å².